The fourth-order valence-corrected chi connectivity index (χ4v) is 6.23. The van der Waals surface area contributed by atoms with Crippen LogP contribution in [0.4, 0.5) is 0 Å². The third kappa shape index (κ3) is 4.46. The minimum Gasteiger partial charge on any atom is -0.349 e. The van der Waals surface area contributed by atoms with Gasteiger partial charge < -0.3 is 5.32 Å². The molecule has 0 aliphatic heterocycles. The molecular formula is C29H30ClN5O2. The van der Waals surface area contributed by atoms with Gasteiger partial charge in [-0.25, -0.2) is 4.79 Å². The molecule has 1 saturated carbocycles. The Labute approximate surface area is 220 Å². The average molecular weight is 516 g/mol. The minimum atomic E-state index is -0.128. The van der Waals surface area contributed by atoms with Crippen LogP contribution >= 0.6 is 11.6 Å². The van der Waals surface area contributed by atoms with E-state index in [4.69, 9.17) is 11.6 Å². The largest absolute Gasteiger partial charge is 0.349 e. The maximum Gasteiger partial charge on any atom is 0.333 e. The van der Waals surface area contributed by atoms with Gasteiger partial charge in [0.05, 0.1) is 39.2 Å². The summed E-state index contributed by atoms with van der Waals surface area (Å²) in [6, 6.07) is 10.0. The number of halogens is 1. The summed E-state index contributed by atoms with van der Waals surface area (Å²) in [4.78, 5) is 35.2. The van der Waals surface area contributed by atoms with Gasteiger partial charge in [0.25, 0.3) is 5.91 Å². The molecule has 190 valence electrons. The maximum absolute atomic E-state index is 13.8. The number of hydrogen-bond donors (Lipinski definition) is 1. The summed E-state index contributed by atoms with van der Waals surface area (Å²) in [6.07, 6.45) is 12.0. The highest BCUT2D eigenvalue weighted by Crippen LogP contribution is 2.31. The topological polar surface area (TPSA) is 81.8 Å². The van der Waals surface area contributed by atoms with Crippen LogP contribution in [0, 0.1) is 12.8 Å². The van der Waals surface area contributed by atoms with Crippen molar-refractivity contribution in [1.82, 2.24) is 24.4 Å². The Bertz CT molecular complexity index is 1550. The number of carbonyl (C=O) groups excluding carboxylic acids is 1. The van der Waals surface area contributed by atoms with Crippen LogP contribution in [0.25, 0.3) is 16.7 Å². The van der Waals surface area contributed by atoms with Crippen molar-refractivity contribution in [2.75, 3.05) is 0 Å². The number of nitrogens with one attached hydrogen (secondary N) is 1. The molecule has 0 saturated heterocycles. The fraction of sp³-hybridized carbons (Fsp3) is 0.379. The average Bonchev–Trinajstić information content (AvgIpc) is 3.49. The zero-order valence-electron chi connectivity index (χ0n) is 20.9. The van der Waals surface area contributed by atoms with Gasteiger partial charge in [0.2, 0.25) is 0 Å². The maximum atomic E-state index is 13.8. The molecule has 0 atom stereocenters. The number of nitrogens with zero attached hydrogens (tertiary/aromatic N) is 4. The van der Waals surface area contributed by atoms with E-state index in [1.807, 2.05) is 28.3 Å². The monoisotopic (exact) mass is 515 g/mol. The summed E-state index contributed by atoms with van der Waals surface area (Å²) in [7, 11) is 0. The molecule has 1 aromatic carbocycles. The van der Waals surface area contributed by atoms with Crippen molar-refractivity contribution in [3.8, 4) is 5.69 Å². The standard InChI is InChI=1S/C29H30ClN5O2/c1-18-24(14-21(30)15-32-18)28(36)33-22-10-8-19(9-11-22)17-34-27-16-31-13-12-26(27)35(29(34)37)25-7-3-5-20-4-2-6-23(20)25/h3,5,7,12-16,19,22H,2,4,6,8-11,17H2,1H3,(H,33,36)/t19-,22-. The Morgan fingerprint density at radius 2 is 1.95 bits per heavy atom. The molecule has 6 rings (SSSR count). The molecule has 1 fully saturated rings. The van der Waals surface area contributed by atoms with Crippen molar-refractivity contribution < 1.29 is 4.79 Å². The van der Waals surface area contributed by atoms with E-state index in [-0.39, 0.29) is 17.6 Å². The van der Waals surface area contributed by atoms with E-state index in [1.165, 1.54) is 11.1 Å². The fourth-order valence-electron chi connectivity index (χ4n) is 6.07. The number of hydrogen-bond acceptors (Lipinski definition) is 4. The first-order chi connectivity index (χ1) is 18.0. The van der Waals surface area contributed by atoms with Gasteiger partial charge in [0.1, 0.15) is 0 Å². The number of imidazole rings is 1. The lowest BCUT2D eigenvalue weighted by Gasteiger charge is -2.29. The van der Waals surface area contributed by atoms with E-state index in [1.54, 1.807) is 18.5 Å². The quantitative estimate of drug-likeness (QED) is 0.404. The van der Waals surface area contributed by atoms with Crippen molar-refractivity contribution >= 4 is 28.5 Å². The lowest BCUT2D eigenvalue weighted by molar-refractivity contribution is 0.0919. The first-order valence-electron chi connectivity index (χ1n) is 13.1. The molecule has 37 heavy (non-hydrogen) atoms. The van der Waals surface area contributed by atoms with E-state index in [9.17, 15) is 9.59 Å². The zero-order chi connectivity index (χ0) is 25.5. The molecule has 1 amide bonds. The van der Waals surface area contributed by atoms with Crippen molar-refractivity contribution in [1.29, 1.82) is 0 Å². The van der Waals surface area contributed by atoms with Crippen LogP contribution in [0.3, 0.4) is 0 Å². The number of amides is 1. The molecule has 0 spiro atoms. The Morgan fingerprint density at radius 3 is 2.78 bits per heavy atom. The predicted octanol–water partition coefficient (Wildman–Crippen LogP) is 5.02. The lowest BCUT2D eigenvalue weighted by Crippen LogP contribution is -2.39. The SMILES string of the molecule is Cc1ncc(Cl)cc1C(=O)N[C@H]1CC[C@H](Cn2c(=O)n(-c3cccc4c3CCC4)c3ccncc32)CC1. The molecule has 3 heterocycles. The highest BCUT2D eigenvalue weighted by Gasteiger charge is 2.26. The summed E-state index contributed by atoms with van der Waals surface area (Å²) >= 11 is 6.05. The third-order valence-electron chi connectivity index (χ3n) is 8.01. The van der Waals surface area contributed by atoms with Crippen LogP contribution in [0.5, 0.6) is 0 Å². The first-order valence-corrected chi connectivity index (χ1v) is 13.5. The molecule has 3 aromatic heterocycles. The number of pyridine rings is 2. The molecule has 4 aromatic rings. The summed E-state index contributed by atoms with van der Waals surface area (Å²) in [5.74, 6) is 0.234. The molecule has 1 N–H and O–H groups in total. The van der Waals surface area contributed by atoms with Crippen LogP contribution in [0.1, 0.15) is 59.3 Å². The van der Waals surface area contributed by atoms with Crippen LogP contribution in [-0.2, 0) is 19.4 Å². The van der Waals surface area contributed by atoms with Crippen molar-refractivity contribution in [3.63, 3.8) is 0 Å². The van der Waals surface area contributed by atoms with Crippen LogP contribution in [-0.4, -0.2) is 31.1 Å². The van der Waals surface area contributed by atoms with Crippen LogP contribution in [0.15, 0.2) is 53.7 Å². The number of fused-ring (bicyclic) bond motifs is 2. The van der Waals surface area contributed by atoms with Gasteiger partial charge in [-0.2, -0.15) is 0 Å². The predicted molar refractivity (Wildman–Crippen MR) is 145 cm³/mol. The Hall–Kier alpha value is -3.45. The second-order valence-electron chi connectivity index (χ2n) is 10.3. The smallest absolute Gasteiger partial charge is 0.333 e. The number of rotatable bonds is 5. The number of benzene rings is 1. The number of aryl methyl sites for hydroxylation is 2. The van der Waals surface area contributed by atoms with E-state index in [0.29, 0.717) is 28.7 Å². The Balaban J connectivity index is 1.20. The van der Waals surface area contributed by atoms with Gasteiger partial charge in [-0.3, -0.25) is 23.9 Å². The molecule has 8 heteroatoms. The molecule has 2 aliphatic rings. The minimum absolute atomic E-state index is 0.00246. The highest BCUT2D eigenvalue weighted by molar-refractivity contribution is 6.30. The van der Waals surface area contributed by atoms with Gasteiger partial charge >= 0.3 is 5.69 Å². The Morgan fingerprint density at radius 1 is 1.11 bits per heavy atom. The summed E-state index contributed by atoms with van der Waals surface area (Å²) in [6.45, 7) is 2.47. The molecule has 7 nitrogen and oxygen atoms in total. The van der Waals surface area contributed by atoms with E-state index in [2.05, 4.69) is 33.5 Å². The van der Waals surface area contributed by atoms with E-state index < -0.39 is 0 Å². The van der Waals surface area contributed by atoms with Gasteiger partial charge in [-0.15, -0.1) is 0 Å². The van der Waals surface area contributed by atoms with Crippen LogP contribution < -0.4 is 11.0 Å². The van der Waals surface area contributed by atoms with Gasteiger partial charge in [0.15, 0.2) is 0 Å². The normalized spacial score (nSPS) is 19.2. The molecule has 0 radical (unpaired) electrons. The van der Waals surface area contributed by atoms with Gasteiger partial charge in [-0.05, 0) is 87.1 Å². The molecule has 0 unspecified atom stereocenters. The van der Waals surface area contributed by atoms with Crippen molar-refractivity contribution in [2.45, 2.75) is 64.5 Å². The Kier molecular flexibility index (Phi) is 6.32. The molecular weight excluding hydrogens is 486 g/mol. The van der Waals surface area contributed by atoms with E-state index >= 15 is 0 Å². The van der Waals surface area contributed by atoms with Crippen molar-refractivity contribution in [2.24, 2.45) is 5.92 Å². The lowest BCUT2D eigenvalue weighted by atomic mass is 9.85. The summed E-state index contributed by atoms with van der Waals surface area (Å²) in [5, 5.41) is 3.62. The summed E-state index contributed by atoms with van der Waals surface area (Å²) < 4.78 is 3.79. The highest BCUT2D eigenvalue weighted by atomic mass is 35.5. The van der Waals surface area contributed by atoms with Gasteiger partial charge in [0, 0.05) is 25.0 Å². The third-order valence-corrected chi connectivity index (χ3v) is 8.22. The number of carbonyl (C=O) groups is 1. The number of aromatic nitrogens is 4. The van der Waals surface area contributed by atoms with Gasteiger partial charge in [-0.1, -0.05) is 23.7 Å². The second kappa shape index (κ2) is 9.78. The summed E-state index contributed by atoms with van der Waals surface area (Å²) in [5.41, 5.74) is 6.63. The van der Waals surface area contributed by atoms with E-state index in [0.717, 1.165) is 61.7 Å². The molecule has 0 bridgehead atoms. The van der Waals surface area contributed by atoms with Crippen LogP contribution in [0.2, 0.25) is 5.02 Å². The van der Waals surface area contributed by atoms with Crippen molar-refractivity contribution in [3.05, 3.63) is 86.8 Å². The second-order valence-corrected chi connectivity index (χ2v) is 10.8. The zero-order valence-corrected chi connectivity index (χ0v) is 21.7. The molecule has 2 aliphatic carbocycles. The first kappa shape index (κ1) is 23.9.